The third-order valence-corrected chi connectivity index (χ3v) is 2.01. The Bertz CT molecular complexity index is 492. The summed E-state index contributed by atoms with van der Waals surface area (Å²) in [5.74, 6) is 0.0373. The van der Waals surface area contributed by atoms with Crippen molar-refractivity contribution < 1.29 is 9.21 Å². The number of carbonyl (C=O) groups is 1. The highest BCUT2D eigenvalue weighted by atomic mass is 16.3. The van der Waals surface area contributed by atoms with Gasteiger partial charge in [-0.1, -0.05) is 18.2 Å². The molecule has 0 fully saturated rings. The SMILES string of the molecule is CC(=O)/C=C/c1coc2ccccc12. The maximum atomic E-state index is 10.8. The molecule has 70 valence electrons. The lowest BCUT2D eigenvalue weighted by Gasteiger charge is -1.87. The molecule has 0 saturated carbocycles. The summed E-state index contributed by atoms with van der Waals surface area (Å²) in [6, 6.07) is 7.74. The van der Waals surface area contributed by atoms with E-state index in [0.717, 1.165) is 16.5 Å². The third-order valence-electron chi connectivity index (χ3n) is 2.01. The monoisotopic (exact) mass is 186 g/mol. The van der Waals surface area contributed by atoms with Crippen LogP contribution in [-0.2, 0) is 4.79 Å². The second-order valence-corrected chi connectivity index (χ2v) is 3.13. The predicted octanol–water partition coefficient (Wildman–Crippen LogP) is 3.04. The minimum atomic E-state index is 0.0373. The average molecular weight is 186 g/mol. The van der Waals surface area contributed by atoms with E-state index >= 15 is 0 Å². The summed E-state index contributed by atoms with van der Waals surface area (Å²) >= 11 is 0. The molecule has 0 atom stereocenters. The van der Waals surface area contributed by atoms with E-state index in [9.17, 15) is 4.79 Å². The Morgan fingerprint density at radius 2 is 2.14 bits per heavy atom. The van der Waals surface area contributed by atoms with E-state index in [2.05, 4.69) is 0 Å². The van der Waals surface area contributed by atoms with E-state index in [1.54, 1.807) is 12.3 Å². The van der Waals surface area contributed by atoms with Crippen molar-refractivity contribution in [1.82, 2.24) is 0 Å². The molecule has 2 nitrogen and oxygen atoms in total. The van der Waals surface area contributed by atoms with Crippen LogP contribution < -0.4 is 0 Å². The molecular formula is C12H10O2. The average Bonchev–Trinajstić information content (AvgIpc) is 2.58. The van der Waals surface area contributed by atoms with Gasteiger partial charge in [0.1, 0.15) is 5.58 Å². The van der Waals surface area contributed by atoms with Gasteiger partial charge in [0.05, 0.1) is 6.26 Å². The molecule has 0 radical (unpaired) electrons. The molecule has 14 heavy (non-hydrogen) atoms. The number of rotatable bonds is 2. The number of benzene rings is 1. The van der Waals surface area contributed by atoms with Crippen molar-refractivity contribution >= 4 is 22.8 Å². The Hall–Kier alpha value is -1.83. The van der Waals surface area contributed by atoms with Gasteiger partial charge in [0.2, 0.25) is 0 Å². The predicted molar refractivity (Wildman–Crippen MR) is 55.9 cm³/mol. The molecule has 0 spiro atoms. The van der Waals surface area contributed by atoms with Crippen molar-refractivity contribution in [2.75, 3.05) is 0 Å². The summed E-state index contributed by atoms with van der Waals surface area (Å²) in [7, 11) is 0. The van der Waals surface area contributed by atoms with Crippen LogP contribution in [0.1, 0.15) is 12.5 Å². The molecule has 0 bridgehead atoms. The van der Waals surface area contributed by atoms with Crippen molar-refractivity contribution in [2.45, 2.75) is 6.92 Å². The summed E-state index contributed by atoms with van der Waals surface area (Å²) in [5.41, 5.74) is 1.78. The van der Waals surface area contributed by atoms with Crippen LogP contribution in [-0.4, -0.2) is 5.78 Å². The minimum Gasteiger partial charge on any atom is -0.464 e. The van der Waals surface area contributed by atoms with Gasteiger partial charge in [-0.25, -0.2) is 0 Å². The van der Waals surface area contributed by atoms with Gasteiger partial charge in [0, 0.05) is 10.9 Å². The summed E-state index contributed by atoms with van der Waals surface area (Å²) in [5, 5.41) is 1.03. The van der Waals surface area contributed by atoms with Gasteiger partial charge in [-0.15, -0.1) is 0 Å². The van der Waals surface area contributed by atoms with E-state index in [0.29, 0.717) is 0 Å². The first-order valence-electron chi connectivity index (χ1n) is 4.42. The molecule has 0 N–H and O–H groups in total. The molecule has 0 aliphatic rings. The maximum Gasteiger partial charge on any atom is 0.152 e. The first kappa shape index (κ1) is 8.75. The topological polar surface area (TPSA) is 30.2 Å². The van der Waals surface area contributed by atoms with Crippen LogP contribution in [0.2, 0.25) is 0 Å². The summed E-state index contributed by atoms with van der Waals surface area (Å²) in [6.07, 6.45) is 4.97. The fourth-order valence-electron chi connectivity index (χ4n) is 1.33. The molecule has 2 aromatic rings. The fraction of sp³-hybridized carbons (Fsp3) is 0.0833. The van der Waals surface area contributed by atoms with Crippen LogP contribution >= 0.6 is 0 Å². The number of allylic oxidation sites excluding steroid dienone is 1. The van der Waals surface area contributed by atoms with E-state index in [1.165, 1.54) is 13.0 Å². The number of furan rings is 1. The molecular weight excluding hydrogens is 176 g/mol. The van der Waals surface area contributed by atoms with Gasteiger partial charge in [-0.3, -0.25) is 4.79 Å². The maximum absolute atomic E-state index is 10.8. The van der Waals surface area contributed by atoms with Crippen LogP contribution in [0.5, 0.6) is 0 Å². The molecule has 0 aliphatic heterocycles. The highest BCUT2D eigenvalue weighted by Crippen LogP contribution is 2.21. The van der Waals surface area contributed by atoms with Crippen LogP contribution in [0.25, 0.3) is 17.0 Å². The Morgan fingerprint density at radius 3 is 2.93 bits per heavy atom. The van der Waals surface area contributed by atoms with Gasteiger partial charge >= 0.3 is 0 Å². The zero-order valence-corrected chi connectivity index (χ0v) is 7.86. The highest BCUT2D eigenvalue weighted by molar-refractivity contribution is 5.95. The molecule has 0 amide bonds. The number of para-hydroxylation sites is 1. The molecule has 0 aliphatic carbocycles. The lowest BCUT2D eigenvalue weighted by molar-refractivity contribution is -0.112. The van der Waals surface area contributed by atoms with Crippen molar-refractivity contribution in [3.8, 4) is 0 Å². The van der Waals surface area contributed by atoms with Crippen LogP contribution in [0.3, 0.4) is 0 Å². The first-order chi connectivity index (χ1) is 6.77. The van der Waals surface area contributed by atoms with Crippen molar-refractivity contribution in [3.05, 3.63) is 42.2 Å². The molecule has 0 saturated heterocycles. The largest absolute Gasteiger partial charge is 0.464 e. The fourth-order valence-corrected chi connectivity index (χ4v) is 1.33. The molecule has 1 aromatic carbocycles. The van der Waals surface area contributed by atoms with Crippen LogP contribution in [0.4, 0.5) is 0 Å². The number of carbonyl (C=O) groups excluding carboxylic acids is 1. The van der Waals surface area contributed by atoms with Gasteiger partial charge in [0.25, 0.3) is 0 Å². The Morgan fingerprint density at radius 1 is 1.36 bits per heavy atom. The highest BCUT2D eigenvalue weighted by Gasteiger charge is 2.00. The second-order valence-electron chi connectivity index (χ2n) is 3.13. The zero-order valence-electron chi connectivity index (χ0n) is 7.86. The number of hydrogen-bond donors (Lipinski definition) is 0. The molecule has 2 heteroatoms. The van der Waals surface area contributed by atoms with Crippen LogP contribution in [0, 0.1) is 0 Å². The Kier molecular flexibility index (Phi) is 2.19. The Labute approximate surface area is 81.8 Å². The van der Waals surface area contributed by atoms with Crippen molar-refractivity contribution in [3.63, 3.8) is 0 Å². The van der Waals surface area contributed by atoms with Gasteiger partial charge in [-0.2, -0.15) is 0 Å². The number of hydrogen-bond acceptors (Lipinski definition) is 2. The third kappa shape index (κ3) is 1.59. The van der Waals surface area contributed by atoms with E-state index in [1.807, 2.05) is 24.3 Å². The van der Waals surface area contributed by atoms with E-state index < -0.39 is 0 Å². The quantitative estimate of drug-likeness (QED) is 0.675. The molecule has 2 rings (SSSR count). The van der Waals surface area contributed by atoms with Gasteiger partial charge < -0.3 is 4.42 Å². The van der Waals surface area contributed by atoms with Crippen molar-refractivity contribution in [2.24, 2.45) is 0 Å². The van der Waals surface area contributed by atoms with Gasteiger partial charge in [0.15, 0.2) is 5.78 Å². The second kappa shape index (κ2) is 3.50. The minimum absolute atomic E-state index is 0.0373. The Balaban J connectivity index is 2.48. The van der Waals surface area contributed by atoms with E-state index in [-0.39, 0.29) is 5.78 Å². The van der Waals surface area contributed by atoms with Crippen molar-refractivity contribution in [1.29, 1.82) is 0 Å². The van der Waals surface area contributed by atoms with E-state index in [4.69, 9.17) is 4.42 Å². The normalized spacial score (nSPS) is 11.2. The zero-order chi connectivity index (χ0) is 9.97. The number of ketones is 1. The lowest BCUT2D eigenvalue weighted by Crippen LogP contribution is -1.78. The van der Waals surface area contributed by atoms with Gasteiger partial charge in [-0.05, 0) is 25.1 Å². The summed E-state index contributed by atoms with van der Waals surface area (Å²) in [4.78, 5) is 10.8. The first-order valence-corrected chi connectivity index (χ1v) is 4.42. The summed E-state index contributed by atoms with van der Waals surface area (Å²) < 4.78 is 5.32. The van der Waals surface area contributed by atoms with Crippen LogP contribution in [0.15, 0.2) is 41.0 Å². The lowest BCUT2D eigenvalue weighted by atomic mass is 10.1. The summed E-state index contributed by atoms with van der Waals surface area (Å²) in [6.45, 7) is 1.53. The number of fused-ring (bicyclic) bond motifs is 1. The molecule has 1 heterocycles. The molecule has 1 aromatic heterocycles. The molecule has 0 unspecified atom stereocenters. The smallest absolute Gasteiger partial charge is 0.152 e. The standard InChI is InChI=1S/C12H10O2/c1-9(13)6-7-10-8-14-12-5-3-2-4-11(10)12/h2-8H,1H3/b7-6+.